The van der Waals surface area contributed by atoms with Crippen LogP contribution in [0.2, 0.25) is 0 Å². The van der Waals surface area contributed by atoms with E-state index < -0.39 is 0 Å². The molecular weight excluding hydrogens is 308 g/mol. The van der Waals surface area contributed by atoms with Gasteiger partial charge in [-0.1, -0.05) is 18.2 Å². The molecule has 0 N–H and O–H groups in total. The van der Waals surface area contributed by atoms with Crippen molar-refractivity contribution in [2.24, 2.45) is 0 Å². The van der Waals surface area contributed by atoms with E-state index in [4.69, 9.17) is 4.98 Å². The Kier molecular flexibility index (Phi) is 3.54. The first-order chi connectivity index (χ1) is 10.9. The SMILES string of the molecule is c1ccc(-c2cccc(-c3ccc(-c4cccs4)s3)n2)nc1. The second kappa shape index (κ2) is 5.83. The molecule has 0 aliphatic carbocycles. The van der Waals surface area contributed by atoms with Crippen molar-refractivity contribution in [1.29, 1.82) is 0 Å². The minimum Gasteiger partial charge on any atom is -0.255 e. The van der Waals surface area contributed by atoms with Gasteiger partial charge in [-0.2, -0.15) is 0 Å². The molecule has 0 fully saturated rings. The van der Waals surface area contributed by atoms with Crippen LogP contribution < -0.4 is 0 Å². The van der Waals surface area contributed by atoms with Crippen LogP contribution in [0.4, 0.5) is 0 Å². The zero-order valence-corrected chi connectivity index (χ0v) is 13.3. The molecule has 0 saturated heterocycles. The third-order valence-corrected chi connectivity index (χ3v) is 5.47. The minimum atomic E-state index is 0.902. The Bertz CT molecular complexity index is 880. The van der Waals surface area contributed by atoms with Crippen molar-refractivity contribution in [3.63, 3.8) is 0 Å². The van der Waals surface area contributed by atoms with E-state index in [2.05, 4.69) is 40.7 Å². The van der Waals surface area contributed by atoms with Crippen LogP contribution in [0.1, 0.15) is 0 Å². The van der Waals surface area contributed by atoms with Gasteiger partial charge >= 0.3 is 0 Å². The highest BCUT2D eigenvalue weighted by atomic mass is 32.1. The molecule has 0 aliphatic heterocycles. The Labute approximate surface area is 136 Å². The molecule has 4 heteroatoms. The van der Waals surface area contributed by atoms with E-state index in [9.17, 15) is 0 Å². The van der Waals surface area contributed by atoms with Gasteiger partial charge in [-0.15, -0.1) is 22.7 Å². The van der Waals surface area contributed by atoms with Crippen LogP contribution in [0.15, 0.2) is 72.2 Å². The molecule has 0 saturated carbocycles. The lowest BCUT2D eigenvalue weighted by atomic mass is 10.2. The topological polar surface area (TPSA) is 25.8 Å². The average molecular weight is 320 g/mol. The highest BCUT2D eigenvalue weighted by Gasteiger charge is 2.08. The lowest BCUT2D eigenvalue weighted by molar-refractivity contribution is 1.25. The molecule has 106 valence electrons. The molecule has 0 radical (unpaired) electrons. The maximum atomic E-state index is 4.76. The van der Waals surface area contributed by atoms with Crippen LogP contribution in [0.3, 0.4) is 0 Å². The quantitative estimate of drug-likeness (QED) is 0.491. The van der Waals surface area contributed by atoms with Gasteiger partial charge in [0.05, 0.1) is 22.0 Å². The van der Waals surface area contributed by atoms with Crippen LogP contribution in [-0.2, 0) is 0 Å². The maximum Gasteiger partial charge on any atom is 0.0894 e. The van der Waals surface area contributed by atoms with Crippen LogP contribution in [-0.4, -0.2) is 9.97 Å². The molecule has 0 atom stereocenters. The third-order valence-electron chi connectivity index (χ3n) is 3.30. The predicted molar refractivity (Wildman–Crippen MR) is 94.1 cm³/mol. The third kappa shape index (κ3) is 2.58. The van der Waals surface area contributed by atoms with Gasteiger partial charge in [0.2, 0.25) is 0 Å². The van der Waals surface area contributed by atoms with E-state index in [1.54, 1.807) is 28.9 Å². The van der Waals surface area contributed by atoms with Gasteiger partial charge in [-0.25, -0.2) is 4.98 Å². The molecule has 2 nitrogen and oxygen atoms in total. The molecule has 22 heavy (non-hydrogen) atoms. The van der Waals surface area contributed by atoms with Gasteiger partial charge in [0.25, 0.3) is 0 Å². The fourth-order valence-electron chi connectivity index (χ4n) is 2.26. The van der Waals surface area contributed by atoms with Crippen molar-refractivity contribution in [2.75, 3.05) is 0 Å². The Morgan fingerprint density at radius 2 is 1.50 bits per heavy atom. The summed E-state index contributed by atoms with van der Waals surface area (Å²) < 4.78 is 0. The molecule has 0 amide bonds. The molecule has 4 rings (SSSR count). The Balaban J connectivity index is 1.72. The maximum absolute atomic E-state index is 4.76. The highest BCUT2D eigenvalue weighted by molar-refractivity contribution is 7.23. The van der Waals surface area contributed by atoms with Crippen molar-refractivity contribution in [3.05, 3.63) is 72.2 Å². The molecule has 0 spiro atoms. The number of rotatable bonds is 3. The normalized spacial score (nSPS) is 10.7. The monoisotopic (exact) mass is 320 g/mol. The lowest BCUT2D eigenvalue weighted by Crippen LogP contribution is -1.88. The van der Waals surface area contributed by atoms with Crippen molar-refractivity contribution in [1.82, 2.24) is 9.97 Å². The Morgan fingerprint density at radius 3 is 2.32 bits per heavy atom. The predicted octanol–water partition coefficient (Wildman–Crippen LogP) is 5.60. The summed E-state index contributed by atoms with van der Waals surface area (Å²) in [5.41, 5.74) is 2.81. The fraction of sp³-hybridized carbons (Fsp3) is 0. The lowest BCUT2D eigenvalue weighted by Gasteiger charge is -2.02. The van der Waals surface area contributed by atoms with Crippen LogP contribution in [0, 0.1) is 0 Å². The standard InChI is InChI=1S/C18H12N2S2/c1-2-11-19-13(5-1)14-6-3-7-15(20-14)16-9-10-18(22-16)17-8-4-12-21-17/h1-12H. The smallest absolute Gasteiger partial charge is 0.0894 e. The van der Waals surface area contributed by atoms with Crippen molar-refractivity contribution >= 4 is 22.7 Å². The molecule has 0 bridgehead atoms. The second-order valence-electron chi connectivity index (χ2n) is 4.76. The van der Waals surface area contributed by atoms with Gasteiger partial charge in [0.1, 0.15) is 0 Å². The number of pyridine rings is 2. The first-order valence-electron chi connectivity index (χ1n) is 6.93. The molecule has 4 aromatic rings. The number of nitrogens with zero attached hydrogens (tertiary/aromatic N) is 2. The summed E-state index contributed by atoms with van der Waals surface area (Å²) in [5.74, 6) is 0. The molecule has 4 aromatic heterocycles. The molecule has 4 heterocycles. The summed E-state index contributed by atoms with van der Waals surface area (Å²) >= 11 is 3.54. The molecule has 0 unspecified atom stereocenters. The van der Waals surface area contributed by atoms with Gasteiger partial charge in [-0.05, 0) is 47.8 Å². The summed E-state index contributed by atoms with van der Waals surface area (Å²) in [7, 11) is 0. The molecular formula is C18H12N2S2. The number of hydrogen-bond donors (Lipinski definition) is 0. The zero-order chi connectivity index (χ0) is 14.8. The van der Waals surface area contributed by atoms with Gasteiger partial charge < -0.3 is 0 Å². The summed E-state index contributed by atoms with van der Waals surface area (Å²) in [5, 5.41) is 2.11. The first-order valence-corrected chi connectivity index (χ1v) is 8.62. The summed E-state index contributed by atoms with van der Waals surface area (Å²) in [6.45, 7) is 0. The van der Waals surface area contributed by atoms with E-state index in [1.807, 2.05) is 30.3 Å². The largest absolute Gasteiger partial charge is 0.255 e. The van der Waals surface area contributed by atoms with Crippen molar-refractivity contribution in [3.8, 4) is 31.7 Å². The van der Waals surface area contributed by atoms with E-state index in [1.165, 1.54) is 14.6 Å². The summed E-state index contributed by atoms with van der Waals surface area (Å²) in [6, 6.07) is 20.5. The average Bonchev–Trinajstić information content (AvgIpc) is 3.27. The van der Waals surface area contributed by atoms with Gasteiger partial charge in [0, 0.05) is 16.0 Å². The van der Waals surface area contributed by atoms with Crippen LogP contribution >= 0.6 is 22.7 Å². The van der Waals surface area contributed by atoms with Crippen LogP contribution in [0.25, 0.3) is 31.7 Å². The number of hydrogen-bond acceptors (Lipinski definition) is 4. The molecule has 0 aromatic carbocycles. The van der Waals surface area contributed by atoms with E-state index in [-0.39, 0.29) is 0 Å². The summed E-state index contributed by atoms with van der Waals surface area (Å²) in [6.07, 6.45) is 1.80. The van der Waals surface area contributed by atoms with Crippen LogP contribution in [0.5, 0.6) is 0 Å². The second-order valence-corrected chi connectivity index (χ2v) is 6.80. The minimum absolute atomic E-state index is 0.902. The Morgan fingerprint density at radius 1 is 0.636 bits per heavy atom. The zero-order valence-electron chi connectivity index (χ0n) is 11.6. The number of thiophene rings is 2. The van der Waals surface area contributed by atoms with Gasteiger partial charge in [-0.3, -0.25) is 4.98 Å². The highest BCUT2D eigenvalue weighted by Crippen LogP contribution is 2.36. The number of aromatic nitrogens is 2. The fourth-order valence-corrected chi connectivity index (χ4v) is 4.07. The van der Waals surface area contributed by atoms with E-state index in [0.717, 1.165) is 17.1 Å². The van der Waals surface area contributed by atoms with Gasteiger partial charge in [0.15, 0.2) is 0 Å². The van der Waals surface area contributed by atoms with E-state index in [0.29, 0.717) is 0 Å². The van der Waals surface area contributed by atoms with Crippen molar-refractivity contribution in [2.45, 2.75) is 0 Å². The first kappa shape index (κ1) is 13.4. The molecule has 0 aliphatic rings. The van der Waals surface area contributed by atoms with Crippen molar-refractivity contribution < 1.29 is 0 Å². The Hall–Kier alpha value is -2.30. The van der Waals surface area contributed by atoms with E-state index >= 15 is 0 Å². The summed E-state index contributed by atoms with van der Waals surface area (Å²) in [4.78, 5) is 12.9.